The molecule has 0 unspecified atom stereocenters. The molecule has 1 rings (SSSR count). The van der Waals surface area contributed by atoms with Crippen molar-refractivity contribution in [1.29, 1.82) is 10.5 Å². The monoisotopic (exact) mass is 168 g/mol. The SMILES string of the molecule is N#CC(C#N)/C=C/c1ccccc1. The van der Waals surface area contributed by atoms with Gasteiger partial charge in [0, 0.05) is 0 Å². The zero-order valence-corrected chi connectivity index (χ0v) is 7.01. The Balaban J connectivity index is 2.71. The van der Waals surface area contributed by atoms with Gasteiger partial charge in [-0.2, -0.15) is 10.5 Å². The van der Waals surface area contributed by atoms with Gasteiger partial charge in [0.2, 0.25) is 0 Å². The smallest absolute Gasteiger partial charge is 0.151 e. The zero-order valence-electron chi connectivity index (χ0n) is 7.01. The fraction of sp³-hybridized carbons (Fsp3) is 0.0909. The minimum absolute atomic E-state index is 0.653. The van der Waals surface area contributed by atoms with E-state index in [-0.39, 0.29) is 0 Å². The van der Waals surface area contributed by atoms with Crippen molar-refractivity contribution < 1.29 is 0 Å². The molecule has 1 aromatic carbocycles. The van der Waals surface area contributed by atoms with Crippen molar-refractivity contribution in [3.05, 3.63) is 42.0 Å². The molecule has 0 atom stereocenters. The molecule has 0 N–H and O–H groups in total. The Hall–Kier alpha value is -2.06. The quantitative estimate of drug-likeness (QED) is 0.680. The molecule has 0 aliphatic carbocycles. The Kier molecular flexibility index (Phi) is 3.30. The molecule has 62 valence electrons. The van der Waals surface area contributed by atoms with Gasteiger partial charge >= 0.3 is 0 Å². The summed E-state index contributed by atoms with van der Waals surface area (Å²) >= 11 is 0. The van der Waals surface area contributed by atoms with Gasteiger partial charge in [0.15, 0.2) is 5.92 Å². The lowest BCUT2D eigenvalue weighted by atomic mass is 10.1. The number of rotatable bonds is 2. The third kappa shape index (κ3) is 2.81. The standard InChI is InChI=1S/C11H8N2/c12-8-11(9-13)7-6-10-4-2-1-3-5-10/h1-7,11H/b7-6+. The van der Waals surface area contributed by atoms with E-state index in [2.05, 4.69) is 0 Å². The van der Waals surface area contributed by atoms with E-state index in [0.29, 0.717) is 0 Å². The molecule has 0 aromatic heterocycles. The van der Waals surface area contributed by atoms with Crippen molar-refractivity contribution in [1.82, 2.24) is 0 Å². The van der Waals surface area contributed by atoms with Gasteiger partial charge in [0.1, 0.15) is 0 Å². The highest BCUT2D eigenvalue weighted by Gasteiger charge is 1.96. The van der Waals surface area contributed by atoms with Crippen LogP contribution < -0.4 is 0 Å². The summed E-state index contributed by atoms with van der Waals surface area (Å²) in [4.78, 5) is 0. The van der Waals surface area contributed by atoms with Gasteiger partial charge in [0.05, 0.1) is 12.1 Å². The number of benzene rings is 1. The van der Waals surface area contributed by atoms with Gasteiger partial charge in [-0.1, -0.05) is 42.5 Å². The summed E-state index contributed by atoms with van der Waals surface area (Å²) in [6, 6.07) is 13.3. The van der Waals surface area contributed by atoms with Crippen LogP contribution in [0.25, 0.3) is 6.08 Å². The van der Waals surface area contributed by atoms with Gasteiger partial charge in [0.25, 0.3) is 0 Å². The lowest BCUT2D eigenvalue weighted by molar-refractivity contribution is 1.10. The van der Waals surface area contributed by atoms with E-state index in [9.17, 15) is 0 Å². The first-order valence-corrected chi connectivity index (χ1v) is 3.89. The Morgan fingerprint density at radius 1 is 1.08 bits per heavy atom. The van der Waals surface area contributed by atoms with E-state index in [0.717, 1.165) is 5.56 Å². The fourth-order valence-corrected chi connectivity index (χ4v) is 0.886. The minimum atomic E-state index is -0.653. The first kappa shape index (κ1) is 9.03. The summed E-state index contributed by atoms with van der Waals surface area (Å²) in [5.74, 6) is -0.653. The average Bonchev–Trinajstić information content (AvgIpc) is 2.21. The van der Waals surface area contributed by atoms with E-state index in [1.807, 2.05) is 42.5 Å². The summed E-state index contributed by atoms with van der Waals surface area (Å²) in [6.07, 6.45) is 3.37. The molecule has 2 heteroatoms. The lowest BCUT2D eigenvalue weighted by Crippen LogP contribution is -1.84. The number of allylic oxidation sites excluding steroid dienone is 1. The van der Waals surface area contributed by atoms with Crippen LogP contribution in [-0.2, 0) is 0 Å². The third-order valence-electron chi connectivity index (χ3n) is 1.56. The second kappa shape index (κ2) is 4.74. The van der Waals surface area contributed by atoms with Gasteiger partial charge in [-0.25, -0.2) is 0 Å². The zero-order chi connectivity index (χ0) is 9.52. The maximum atomic E-state index is 8.48. The predicted molar refractivity (Wildman–Crippen MR) is 50.2 cm³/mol. The largest absolute Gasteiger partial charge is 0.197 e. The second-order valence-electron chi connectivity index (χ2n) is 2.51. The molecule has 0 heterocycles. The molecule has 0 saturated carbocycles. The van der Waals surface area contributed by atoms with Gasteiger partial charge in [-0.15, -0.1) is 0 Å². The summed E-state index contributed by atoms with van der Waals surface area (Å²) in [7, 11) is 0. The van der Waals surface area contributed by atoms with E-state index in [4.69, 9.17) is 10.5 Å². The second-order valence-corrected chi connectivity index (χ2v) is 2.51. The highest BCUT2D eigenvalue weighted by Crippen LogP contribution is 2.04. The van der Waals surface area contributed by atoms with Crippen LogP contribution in [0.4, 0.5) is 0 Å². The molecule has 0 aliphatic heterocycles. The van der Waals surface area contributed by atoms with Crippen LogP contribution in [0.5, 0.6) is 0 Å². The van der Waals surface area contributed by atoms with Crippen LogP contribution >= 0.6 is 0 Å². The highest BCUT2D eigenvalue weighted by atomic mass is 14.3. The maximum absolute atomic E-state index is 8.48. The van der Waals surface area contributed by atoms with Gasteiger partial charge in [-0.05, 0) is 5.56 Å². The van der Waals surface area contributed by atoms with Crippen molar-refractivity contribution in [3.8, 4) is 12.1 Å². The van der Waals surface area contributed by atoms with E-state index < -0.39 is 5.92 Å². The minimum Gasteiger partial charge on any atom is -0.197 e. The van der Waals surface area contributed by atoms with Crippen molar-refractivity contribution in [3.63, 3.8) is 0 Å². The van der Waals surface area contributed by atoms with E-state index in [1.54, 1.807) is 12.2 Å². The lowest BCUT2D eigenvalue weighted by Gasteiger charge is -1.91. The molecule has 0 radical (unpaired) electrons. The van der Waals surface area contributed by atoms with Crippen LogP contribution in [0.2, 0.25) is 0 Å². The van der Waals surface area contributed by atoms with E-state index in [1.165, 1.54) is 0 Å². The summed E-state index contributed by atoms with van der Waals surface area (Å²) in [6.45, 7) is 0. The number of hydrogen-bond acceptors (Lipinski definition) is 2. The molecule has 2 nitrogen and oxygen atoms in total. The number of nitrogens with zero attached hydrogens (tertiary/aromatic N) is 2. The molecule has 0 saturated heterocycles. The molecule has 1 aromatic rings. The Morgan fingerprint density at radius 3 is 2.23 bits per heavy atom. The summed E-state index contributed by atoms with van der Waals surface area (Å²) in [5, 5.41) is 17.0. The molecule has 0 fully saturated rings. The van der Waals surface area contributed by atoms with Crippen molar-refractivity contribution in [2.75, 3.05) is 0 Å². The molecular formula is C11H8N2. The van der Waals surface area contributed by atoms with Crippen LogP contribution in [0, 0.1) is 28.6 Å². The molecular weight excluding hydrogens is 160 g/mol. The topological polar surface area (TPSA) is 47.6 Å². The Morgan fingerprint density at radius 2 is 1.69 bits per heavy atom. The average molecular weight is 168 g/mol. The summed E-state index contributed by atoms with van der Waals surface area (Å²) in [5.41, 5.74) is 0.998. The van der Waals surface area contributed by atoms with Gasteiger partial charge in [-0.3, -0.25) is 0 Å². The van der Waals surface area contributed by atoms with Crippen molar-refractivity contribution in [2.45, 2.75) is 0 Å². The van der Waals surface area contributed by atoms with Crippen LogP contribution in [0.15, 0.2) is 36.4 Å². The van der Waals surface area contributed by atoms with Crippen LogP contribution in [-0.4, -0.2) is 0 Å². The van der Waals surface area contributed by atoms with Crippen LogP contribution in [0.1, 0.15) is 5.56 Å². The molecule has 0 aliphatic rings. The van der Waals surface area contributed by atoms with Crippen molar-refractivity contribution >= 4 is 6.08 Å². The highest BCUT2D eigenvalue weighted by molar-refractivity contribution is 5.50. The molecule has 0 amide bonds. The van der Waals surface area contributed by atoms with E-state index >= 15 is 0 Å². The third-order valence-corrected chi connectivity index (χ3v) is 1.56. The number of hydrogen-bond donors (Lipinski definition) is 0. The normalized spacial score (nSPS) is 9.77. The Labute approximate surface area is 77.4 Å². The molecule has 13 heavy (non-hydrogen) atoms. The van der Waals surface area contributed by atoms with Gasteiger partial charge < -0.3 is 0 Å². The maximum Gasteiger partial charge on any atom is 0.151 e. The number of nitriles is 2. The fourth-order valence-electron chi connectivity index (χ4n) is 0.886. The van der Waals surface area contributed by atoms with Crippen molar-refractivity contribution in [2.24, 2.45) is 5.92 Å². The summed E-state index contributed by atoms with van der Waals surface area (Å²) < 4.78 is 0. The first-order valence-electron chi connectivity index (χ1n) is 3.89. The van der Waals surface area contributed by atoms with Crippen LogP contribution in [0.3, 0.4) is 0 Å². The molecule has 0 bridgehead atoms. The Bertz CT molecular complexity index is 351. The molecule has 0 spiro atoms. The predicted octanol–water partition coefficient (Wildman–Crippen LogP) is 2.36. The first-order chi connectivity index (χ1) is 6.36.